The Morgan fingerprint density at radius 1 is 1.12 bits per heavy atom. The maximum absolute atomic E-state index is 13.7. The molecule has 0 saturated heterocycles. The maximum atomic E-state index is 13.7. The molecule has 1 amide bonds. The first-order valence-corrected chi connectivity index (χ1v) is 13.1. The number of benzene rings is 1. The minimum atomic E-state index is -0.192. The number of carbonyl (C=O) groups is 1. The Bertz CT molecular complexity index is 1240. The fourth-order valence-electron chi connectivity index (χ4n) is 4.87. The van der Waals surface area contributed by atoms with E-state index in [0.29, 0.717) is 12.4 Å². The fraction of sp³-hybridized carbons (Fsp3) is 0.519. The van der Waals surface area contributed by atoms with Crippen molar-refractivity contribution in [3.8, 4) is 0 Å². The van der Waals surface area contributed by atoms with Gasteiger partial charge in [-0.05, 0) is 68.3 Å². The van der Waals surface area contributed by atoms with Crippen molar-refractivity contribution in [3.63, 3.8) is 0 Å². The second kappa shape index (κ2) is 10.0. The number of thiophene rings is 1. The number of aromatic nitrogens is 2. The summed E-state index contributed by atoms with van der Waals surface area (Å²) >= 11 is 1.65. The zero-order valence-electron chi connectivity index (χ0n) is 21.2. The summed E-state index contributed by atoms with van der Waals surface area (Å²) in [7, 11) is 3.90. The van der Waals surface area contributed by atoms with Crippen molar-refractivity contribution in [1.29, 1.82) is 0 Å². The Morgan fingerprint density at radius 3 is 2.38 bits per heavy atom. The number of amides is 1. The maximum Gasteiger partial charge on any atom is 0.263 e. The van der Waals surface area contributed by atoms with Crippen LogP contribution in [0, 0.1) is 0 Å². The lowest BCUT2D eigenvalue weighted by molar-refractivity contribution is -0.116. The number of para-hydroxylation sites is 1. The minimum Gasteiger partial charge on any atom is -0.324 e. The van der Waals surface area contributed by atoms with E-state index in [1.165, 1.54) is 4.88 Å². The second-order valence-electron chi connectivity index (χ2n) is 10.2. The Hall–Kier alpha value is -2.51. The van der Waals surface area contributed by atoms with E-state index in [2.05, 4.69) is 51.2 Å². The van der Waals surface area contributed by atoms with Gasteiger partial charge in [-0.2, -0.15) is 0 Å². The zero-order valence-corrected chi connectivity index (χ0v) is 22.0. The Kier molecular flexibility index (Phi) is 7.24. The average molecular weight is 481 g/mol. The van der Waals surface area contributed by atoms with Gasteiger partial charge in [-0.25, -0.2) is 4.98 Å². The third-order valence-corrected chi connectivity index (χ3v) is 7.74. The Morgan fingerprint density at radius 2 is 1.76 bits per heavy atom. The zero-order chi connectivity index (χ0) is 24.6. The highest BCUT2D eigenvalue weighted by Gasteiger charge is 2.24. The van der Waals surface area contributed by atoms with Gasteiger partial charge in [0.1, 0.15) is 17.2 Å². The third kappa shape index (κ3) is 4.82. The predicted molar refractivity (Wildman–Crippen MR) is 141 cm³/mol. The van der Waals surface area contributed by atoms with Crippen molar-refractivity contribution >= 4 is 33.1 Å². The normalized spacial score (nSPS) is 13.8. The summed E-state index contributed by atoms with van der Waals surface area (Å²) < 4.78 is 1.59. The first kappa shape index (κ1) is 24.6. The average Bonchev–Trinajstić information content (AvgIpc) is 3.14. The molecular weight excluding hydrogens is 444 g/mol. The van der Waals surface area contributed by atoms with Gasteiger partial charge in [0.05, 0.1) is 11.9 Å². The number of aryl methyl sites for hydroxylation is 2. The molecule has 4 rings (SSSR count). The van der Waals surface area contributed by atoms with Crippen LogP contribution in [-0.4, -0.2) is 34.5 Å². The topological polar surface area (TPSA) is 67.2 Å². The lowest BCUT2D eigenvalue weighted by Crippen LogP contribution is -2.33. The van der Waals surface area contributed by atoms with Crippen molar-refractivity contribution in [1.82, 2.24) is 14.5 Å². The second-order valence-corrected chi connectivity index (χ2v) is 11.3. The van der Waals surface area contributed by atoms with Gasteiger partial charge >= 0.3 is 0 Å². The number of anilines is 1. The van der Waals surface area contributed by atoms with Crippen molar-refractivity contribution in [2.75, 3.05) is 19.4 Å². The van der Waals surface area contributed by atoms with E-state index in [1.807, 2.05) is 19.0 Å². The Labute approximate surface area is 206 Å². The monoisotopic (exact) mass is 480 g/mol. The summed E-state index contributed by atoms with van der Waals surface area (Å²) in [5, 5.41) is 3.89. The highest BCUT2D eigenvalue weighted by atomic mass is 32.1. The lowest BCUT2D eigenvalue weighted by Gasteiger charge is -2.21. The molecule has 182 valence electrons. The molecule has 0 aliphatic heterocycles. The number of hydrogen-bond acceptors (Lipinski definition) is 5. The molecule has 1 aliphatic rings. The molecule has 0 fully saturated rings. The van der Waals surface area contributed by atoms with E-state index in [1.54, 1.807) is 15.9 Å². The van der Waals surface area contributed by atoms with Crippen LogP contribution in [0.3, 0.4) is 0 Å². The van der Waals surface area contributed by atoms with Gasteiger partial charge in [-0.15, -0.1) is 11.3 Å². The van der Waals surface area contributed by atoms with Crippen LogP contribution in [0.5, 0.6) is 0 Å². The molecule has 1 aliphatic carbocycles. The molecule has 0 spiro atoms. The van der Waals surface area contributed by atoms with Crippen LogP contribution in [0.1, 0.15) is 79.8 Å². The lowest BCUT2D eigenvalue weighted by atomic mass is 9.92. The summed E-state index contributed by atoms with van der Waals surface area (Å²) in [5.74, 6) is 0.993. The quantitative estimate of drug-likeness (QED) is 0.499. The van der Waals surface area contributed by atoms with Gasteiger partial charge in [0.2, 0.25) is 5.91 Å². The van der Waals surface area contributed by atoms with Crippen LogP contribution < -0.4 is 10.9 Å². The molecule has 3 aromatic rings. The van der Waals surface area contributed by atoms with Gasteiger partial charge in [-0.1, -0.05) is 45.9 Å². The first-order chi connectivity index (χ1) is 16.2. The molecule has 0 bridgehead atoms. The van der Waals surface area contributed by atoms with Crippen LogP contribution in [0.15, 0.2) is 23.0 Å². The number of nitrogens with zero attached hydrogens (tertiary/aromatic N) is 3. The molecule has 0 unspecified atom stereocenters. The van der Waals surface area contributed by atoms with Gasteiger partial charge in [-0.3, -0.25) is 14.2 Å². The molecule has 2 aromatic heterocycles. The van der Waals surface area contributed by atoms with Gasteiger partial charge in [0, 0.05) is 10.6 Å². The number of rotatable bonds is 7. The van der Waals surface area contributed by atoms with E-state index < -0.39 is 0 Å². The Balaban J connectivity index is 1.75. The van der Waals surface area contributed by atoms with Crippen molar-refractivity contribution in [2.24, 2.45) is 0 Å². The minimum absolute atomic E-state index is 0.0421. The first-order valence-electron chi connectivity index (χ1n) is 12.3. The molecule has 7 heteroatoms. The number of nitrogens with one attached hydrogen (secondary N) is 1. The van der Waals surface area contributed by atoms with E-state index in [4.69, 9.17) is 4.98 Å². The van der Waals surface area contributed by atoms with Gasteiger partial charge in [0.25, 0.3) is 5.56 Å². The smallest absolute Gasteiger partial charge is 0.263 e. The van der Waals surface area contributed by atoms with E-state index in [9.17, 15) is 9.59 Å². The summed E-state index contributed by atoms with van der Waals surface area (Å²) in [5.41, 5.74) is 4.17. The third-order valence-electron chi connectivity index (χ3n) is 6.55. The number of hydrogen-bond donors (Lipinski definition) is 1. The molecule has 1 aromatic carbocycles. The molecule has 0 atom stereocenters. The van der Waals surface area contributed by atoms with Gasteiger partial charge < -0.3 is 10.2 Å². The molecular formula is C27H36N4O2S. The highest BCUT2D eigenvalue weighted by Crippen LogP contribution is 2.34. The predicted octanol–water partition coefficient (Wildman–Crippen LogP) is 5.28. The van der Waals surface area contributed by atoms with Crippen LogP contribution in [-0.2, 0) is 30.7 Å². The van der Waals surface area contributed by atoms with Crippen molar-refractivity contribution < 1.29 is 4.79 Å². The van der Waals surface area contributed by atoms with Gasteiger partial charge in [0.15, 0.2) is 0 Å². The van der Waals surface area contributed by atoms with E-state index >= 15 is 0 Å². The number of fused-ring (bicyclic) bond motifs is 3. The van der Waals surface area contributed by atoms with Crippen molar-refractivity contribution in [2.45, 2.75) is 78.3 Å². The summed E-state index contributed by atoms with van der Waals surface area (Å²) in [6.45, 7) is 8.98. The van der Waals surface area contributed by atoms with Crippen LogP contribution >= 0.6 is 11.3 Å². The standard InChI is InChI=1S/C27H36N4O2S/c1-16(2)18-11-9-12-19(17(3)4)25(18)29-23(32)15-31-22(14-30(5)6)28-26-24(27(31)33)20-10-7-8-13-21(20)34-26/h9,11-12,16-17H,7-8,10,13-15H2,1-6H3,(H,29,32). The van der Waals surface area contributed by atoms with Crippen molar-refractivity contribution in [3.05, 3.63) is 55.9 Å². The largest absolute Gasteiger partial charge is 0.324 e. The van der Waals surface area contributed by atoms with E-state index in [0.717, 1.165) is 58.3 Å². The molecule has 0 radical (unpaired) electrons. The van der Waals surface area contributed by atoms with Crippen LogP contribution in [0.25, 0.3) is 10.2 Å². The SMILES string of the molecule is CC(C)c1cccc(C(C)C)c1NC(=O)Cn1c(CN(C)C)nc2sc3c(c2c1=O)CCCC3. The molecule has 2 heterocycles. The summed E-state index contributed by atoms with van der Waals surface area (Å²) in [6, 6.07) is 6.19. The highest BCUT2D eigenvalue weighted by molar-refractivity contribution is 7.18. The van der Waals surface area contributed by atoms with Crippen LogP contribution in [0.4, 0.5) is 5.69 Å². The summed E-state index contributed by atoms with van der Waals surface area (Å²) in [4.78, 5) is 36.1. The van der Waals surface area contributed by atoms with E-state index in [-0.39, 0.29) is 29.8 Å². The fourth-order valence-corrected chi connectivity index (χ4v) is 6.14. The molecule has 0 saturated carbocycles. The summed E-state index contributed by atoms with van der Waals surface area (Å²) in [6.07, 6.45) is 4.20. The molecule has 1 N–H and O–H groups in total. The number of carbonyl (C=O) groups excluding carboxylic acids is 1. The molecule has 6 nitrogen and oxygen atoms in total. The molecule has 34 heavy (non-hydrogen) atoms. The van der Waals surface area contributed by atoms with Crippen LogP contribution in [0.2, 0.25) is 0 Å².